The molecule has 1 saturated heterocycles. The molecule has 4 aromatic rings. The van der Waals surface area contributed by atoms with Gasteiger partial charge in [-0.3, -0.25) is 9.48 Å². The van der Waals surface area contributed by atoms with E-state index in [1.165, 1.54) is 30.3 Å². The first-order valence-electron chi connectivity index (χ1n) is 11.4. The van der Waals surface area contributed by atoms with Gasteiger partial charge in [-0.25, -0.2) is 18.4 Å². The Hall–Kier alpha value is -3.85. The lowest BCUT2D eigenvalue weighted by Gasteiger charge is -2.48. The topological polar surface area (TPSA) is 74.0 Å². The van der Waals surface area contributed by atoms with Crippen molar-refractivity contribution in [2.75, 3.05) is 6.54 Å². The summed E-state index contributed by atoms with van der Waals surface area (Å²) in [5.74, 6) is -1.21. The standard InChI is InChI=1S/C26H25F2N5O2/c1-17-15-26(18-7-9-19(27)10-8-18,33-24(34)12-14-32(33)2)20(16-30-17)22-11-13-29-25(31-22)35-23-6-4-3-5-21(23)28/h3-14,17,20,30H,15-16H2,1-2H3. The number of nitrogens with zero attached hydrogens (tertiary/aromatic N) is 4. The van der Waals surface area contributed by atoms with Crippen LogP contribution in [-0.4, -0.2) is 31.9 Å². The predicted octanol–water partition coefficient (Wildman–Crippen LogP) is 3.96. The van der Waals surface area contributed by atoms with Crippen LogP contribution in [0, 0.1) is 11.6 Å². The highest BCUT2D eigenvalue weighted by Crippen LogP contribution is 2.45. The first-order valence-corrected chi connectivity index (χ1v) is 11.4. The van der Waals surface area contributed by atoms with Gasteiger partial charge in [-0.15, -0.1) is 0 Å². The molecule has 5 rings (SSSR count). The number of aromatic nitrogens is 4. The van der Waals surface area contributed by atoms with E-state index in [1.54, 1.807) is 52.1 Å². The van der Waals surface area contributed by atoms with Gasteiger partial charge in [0.2, 0.25) is 0 Å². The lowest BCUT2D eigenvalue weighted by atomic mass is 9.70. The third kappa shape index (κ3) is 4.12. The molecule has 1 aliphatic heterocycles. The van der Waals surface area contributed by atoms with Gasteiger partial charge >= 0.3 is 6.01 Å². The van der Waals surface area contributed by atoms with Crippen LogP contribution in [0.5, 0.6) is 11.8 Å². The zero-order valence-electron chi connectivity index (χ0n) is 19.4. The summed E-state index contributed by atoms with van der Waals surface area (Å²) in [5, 5.41) is 3.49. The Bertz CT molecular complexity index is 1400. The van der Waals surface area contributed by atoms with Gasteiger partial charge in [0.05, 0.1) is 5.69 Å². The number of benzene rings is 2. The Morgan fingerprint density at radius 1 is 1.09 bits per heavy atom. The second kappa shape index (κ2) is 9.07. The summed E-state index contributed by atoms with van der Waals surface area (Å²) in [7, 11) is 1.81. The molecule has 3 heterocycles. The molecule has 7 nitrogen and oxygen atoms in total. The van der Waals surface area contributed by atoms with Gasteiger partial charge in [0, 0.05) is 44.0 Å². The highest BCUT2D eigenvalue weighted by atomic mass is 19.1. The monoisotopic (exact) mass is 477 g/mol. The van der Waals surface area contributed by atoms with Crippen LogP contribution in [0.15, 0.2) is 77.9 Å². The smallest absolute Gasteiger partial charge is 0.322 e. The zero-order chi connectivity index (χ0) is 24.6. The van der Waals surface area contributed by atoms with Gasteiger partial charge in [0.15, 0.2) is 11.6 Å². The molecule has 3 atom stereocenters. The van der Waals surface area contributed by atoms with Crippen LogP contribution in [0.25, 0.3) is 0 Å². The van der Waals surface area contributed by atoms with E-state index in [0.717, 1.165) is 5.56 Å². The largest absolute Gasteiger partial charge is 0.421 e. The quantitative estimate of drug-likeness (QED) is 0.471. The summed E-state index contributed by atoms with van der Waals surface area (Å²) in [6, 6.07) is 15.6. The molecule has 0 saturated carbocycles. The fourth-order valence-corrected chi connectivity index (χ4v) is 5.10. The minimum Gasteiger partial charge on any atom is -0.421 e. The molecule has 0 amide bonds. The Balaban J connectivity index is 1.67. The summed E-state index contributed by atoms with van der Waals surface area (Å²) in [4.78, 5) is 22.0. The predicted molar refractivity (Wildman–Crippen MR) is 126 cm³/mol. The molecular formula is C26H25F2N5O2. The van der Waals surface area contributed by atoms with Crippen LogP contribution < -0.4 is 15.6 Å². The van der Waals surface area contributed by atoms with Crippen LogP contribution in [0.3, 0.4) is 0 Å². The number of para-hydroxylation sites is 1. The average molecular weight is 478 g/mol. The fourth-order valence-electron chi connectivity index (χ4n) is 5.10. The number of nitrogens with one attached hydrogen (secondary N) is 1. The van der Waals surface area contributed by atoms with E-state index in [4.69, 9.17) is 4.74 Å². The fraction of sp³-hybridized carbons (Fsp3) is 0.269. The lowest BCUT2D eigenvalue weighted by Crippen LogP contribution is -2.58. The third-order valence-electron chi connectivity index (χ3n) is 6.59. The molecule has 1 N–H and O–H groups in total. The van der Waals surface area contributed by atoms with Gasteiger partial charge in [-0.1, -0.05) is 24.3 Å². The maximum atomic E-state index is 14.2. The highest BCUT2D eigenvalue weighted by Gasteiger charge is 2.49. The van der Waals surface area contributed by atoms with E-state index >= 15 is 0 Å². The maximum absolute atomic E-state index is 14.2. The van der Waals surface area contributed by atoms with Crippen molar-refractivity contribution in [3.05, 3.63) is 106 Å². The molecule has 0 spiro atoms. The zero-order valence-corrected chi connectivity index (χ0v) is 19.4. The number of ether oxygens (including phenoxy) is 1. The van der Waals surface area contributed by atoms with E-state index in [9.17, 15) is 13.6 Å². The van der Waals surface area contributed by atoms with Crippen molar-refractivity contribution in [3.63, 3.8) is 0 Å². The van der Waals surface area contributed by atoms with Crippen molar-refractivity contribution in [3.8, 4) is 11.8 Å². The molecular weight excluding hydrogens is 452 g/mol. The molecule has 0 bridgehead atoms. The van der Waals surface area contributed by atoms with E-state index in [-0.39, 0.29) is 35.1 Å². The Morgan fingerprint density at radius 3 is 2.57 bits per heavy atom. The van der Waals surface area contributed by atoms with Crippen LogP contribution in [0.4, 0.5) is 8.78 Å². The Morgan fingerprint density at radius 2 is 1.86 bits per heavy atom. The third-order valence-corrected chi connectivity index (χ3v) is 6.59. The lowest BCUT2D eigenvalue weighted by molar-refractivity contribution is 0.146. The molecule has 1 fully saturated rings. The van der Waals surface area contributed by atoms with Crippen LogP contribution >= 0.6 is 0 Å². The van der Waals surface area contributed by atoms with Crippen molar-refractivity contribution in [2.24, 2.45) is 7.05 Å². The second-order valence-electron chi connectivity index (χ2n) is 8.83. The molecule has 180 valence electrons. The van der Waals surface area contributed by atoms with E-state index in [2.05, 4.69) is 22.2 Å². The van der Waals surface area contributed by atoms with Gasteiger partial charge in [0.25, 0.3) is 5.56 Å². The van der Waals surface area contributed by atoms with Crippen LogP contribution in [0.1, 0.15) is 30.5 Å². The SMILES string of the molecule is CC1CC(c2ccc(F)cc2)(n2c(=O)ccn2C)C(c2ccnc(Oc3ccccc3F)n2)CN1. The van der Waals surface area contributed by atoms with Gasteiger partial charge in [-0.05, 0) is 49.2 Å². The summed E-state index contributed by atoms with van der Waals surface area (Å²) < 4.78 is 37.2. The number of hydrogen-bond donors (Lipinski definition) is 1. The van der Waals surface area contributed by atoms with E-state index in [0.29, 0.717) is 18.7 Å². The first-order chi connectivity index (χ1) is 16.9. The van der Waals surface area contributed by atoms with Crippen molar-refractivity contribution in [1.29, 1.82) is 0 Å². The second-order valence-corrected chi connectivity index (χ2v) is 8.83. The van der Waals surface area contributed by atoms with E-state index < -0.39 is 11.4 Å². The van der Waals surface area contributed by atoms with Gasteiger partial charge < -0.3 is 10.1 Å². The number of aryl methyl sites for hydroxylation is 1. The number of rotatable bonds is 5. The van der Waals surface area contributed by atoms with Crippen LogP contribution in [0.2, 0.25) is 0 Å². The molecule has 9 heteroatoms. The van der Waals surface area contributed by atoms with Gasteiger partial charge in [-0.2, -0.15) is 4.98 Å². The molecule has 1 aliphatic rings. The Labute approximate surface area is 201 Å². The normalized spacial score (nSPS) is 22.2. The molecule has 0 radical (unpaired) electrons. The van der Waals surface area contributed by atoms with Crippen molar-refractivity contribution < 1.29 is 13.5 Å². The van der Waals surface area contributed by atoms with Crippen molar-refractivity contribution >= 4 is 0 Å². The Kier molecular flexibility index (Phi) is 5.94. The summed E-state index contributed by atoms with van der Waals surface area (Å²) >= 11 is 0. The summed E-state index contributed by atoms with van der Waals surface area (Å²) in [5.41, 5.74) is 0.351. The number of halogens is 2. The molecule has 35 heavy (non-hydrogen) atoms. The molecule has 2 aromatic carbocycles. The molecule has 0 aliphatic carbocycles. The first kappa shape index (κ1) is 22.9. The number of hydrogen-bond acceptors (Lipinski definition) is 5. The van der Waals surface area contributed by atoms with Crippen molar-refractivity contribution in [2.45, 2.75) is 30.8 Å². The minimum absolute atomic E-state index is 0.00143. The van der Waals surface area contributed by atoms with Crippen molar-refractivity contribution in [1.82, 2.24) is 24.6 Å². The summed E-state index contributed by atoms with van der Waals surface area (Å²) in [6.07, 6.45) is 3.82. The number of piperidine rings is 1. The summed E-state index contributed by atoms with van der Waals surface area (Å²) in [6.45, 7) is 2.54. The average Bonchev–Trinajstić information content (AvgIpc) is 3.19. The maximum Gasteiger partial charge on any atom is 0.322 e. The molecule has 2 aromatic heterocycles. The van der Waals surface area contributed by atoms with Gasteiger partial charge in [0.1, 0.15) is 11.4 Å². The molecule has 3 unspecified atom stereocenters. The van der Waals surface area contributed by atoms with Crippen LogP contribution in [-0.2, 0) is 12.6 Å². The minimum atomic E-state index is -0.878. The van der Waals surface area contributed by atoms with E-state index in [1.807, 2.05) is 7.05 Å². The highest BCUT2D eigenvalue weighted by molar-refractivity contribution is 5.35.